The molecule has 1 N–H and O–H groups in total. The lowest BCUT2D eigenvalue weighted by molar-refractivity contribution is 0.173. The number of nitrogens with zero attached hydrogens (tertiary/aromatic N) is 2. The largest absolute Gasteiger partial charge is 0.454 e. The predicted molar refractivity (Wildman–Crippen MR) is 127 cm³/mol. The maximum Gasteiger partial charge on any atom is 0.240 e. The van der Waals surface area contributed by atoms with E-state index in [9.17, 15) is 8.42 Å². The van der Waals surface area contributed by atoms with Crippen LogP contribution in [0, 0.1) is 0 Å². The quantitative estimate of drug-likeness (QED) is 0.578. The lowest BCUT2D eigenvalue weighted by Gasteiger charge is -2.40. The van der Waals surface area contributed by atoms with Gasteiger partial charge in [-0.2, -0.15) is 0 Å². The van der Waals surface area contributed by atoms with Gasteiger partial charge in [-0.15, -0.1) is 0 Å². The molecule has 1 atom stereocenters. The van der Waals surface area contributed by atoms with Crippen LogP contribution in [0.3, 0.4) is 0 Å². The van der Waals surface area contributed by atoms with Crippen molar-refractivity contribution in [2.75, 3.05) is 44.4 Å². The molecule has 0 bridgehead atoms. The zero-order valence-electron chi connectivity index (χ0n) is 18.3. The lowest BCUT2D eigenvalue weighted by Crippen LogP contribution is -2.49. The predicted octanol–water partition coefficient (Wildman–Crippen LogP) is 3.26. The van der Waals surface area contributed by atoms with Crippen LogP contribution >= 0.6 is 0 Å². The van der Waals surface area contributed by atoms with E-state index >= 15 is 0 Å². The highest BCUT2D eigenvalue weighted by Gasteiger charge is 2.28. The van der Waals surface area contributed by atoms with Crippen molar-refractivity contribution in [3.8, 4) is 11.5 Å². The Balaban J connectivity index is 1.35. The van der Waals surface area contributed by atoms with Crippen LogP contribution in [0.1, 0.15) is 11.6 Å². The summed E-state index contributed by atoms with van der Waals surface area (Å²) in [7, 11) is -3.61. The van der Waals surface area contributed by atoms with Crippen LogP contribution in [0.5, 0.6) is 11.5 Å². The van der Waals surface area contributed by atoms with Crippen LogP contribution in [0.15, 0.2) is 83.8 Å². The maximum atomic E-state index is 12.9. The number of nitrogens with one attached hydrogen (secondary N) is 1. The Morgan fingerprint density at radius 3 is 2.21 bits per heavy atom. The summed E-state index contributed by atoms with van der Waals surface area (Å²) in [6, 6.07) is 24.6. The summed E-state index contributed by atoms with van der Waals surface area (Å²) in [5.74, 6) is 1.42. The molecule has 0 saturated carbocycles. The number of para-hydroxylation sites is 1. The first-order valence-corrected chi connectivity index (χ1v) is 12.6. The Morgan fingerprint density at radius 1 is 0.818 bits per heavy atom. The topological polar surface area (TPSA) is 71.1 Å². The van der Waals surface area contributed by atoms with Crippen molar-refractivity contribution in [2.45, 2.75) is 10.9 Å². The van der Waals surface area contributed by atoms with E-state index in [0.29, 0.717) is 5.75 Å². The molecule has 2 aliphatic rings. The van der Waals surface area contributed by atoms with Crippen molar-refractivity contribution in [3.05, 3.63) is 84.4 Å². The van der Waals surface area contributed by atoms with Crippen molar-refractivity contribution in [3.63, 3.8) is 0 Å². The average Bonchev–Trinajstić information content (AvgIpc) is 3.34. The Hall–Kier alpha value is -3.07. The number of hydrogen-bond acceptors (Lipinski definition) is 6. The van der Waals surface area contributed by atoms with Crippen molar-refractivity contribution in [1.82, 2.24) is 9.62 Å². The number of fused-ring (bicyclic) bond motifs is 1. The molecule has 2 aliphatic heterocycles. The molecule has 33 heavy (non-hydrogen) atoms. The number of sulfonamides is 1. The minimum Gasteiger partial charge on any atom is -0.454 e. The number of hydrogen-bond donors (Lipinski definition) is 1. The van der Waals surface area contributed by atoms with E-state index in [0.717, 1.165) is 37.5 Å². The van der Waals surface area contributed by atoms with Gasteiger partial charge in [0.1, 0.15) is 0 Å². The second kappa shape index (κ2) is 9.43. The van der Waals surface area contributed by atoms with Gasteiger partial charge in [0.25, 0.3) is 0 Å². The zero-order valence-corrected chi connectivity index (χ0v) is 19.1. The molecule has 3 aromatic rings. The molecule has 2 heterocycles. The molecule has 0 aromatic heterocycles. The molecule has 1 saturated heterocycles. The smallest absolute Gasteiger partial charge is 0.240 e. The highest BCUT2D eigenvalue weighted by Crippen LogP contribution is 2.36. The zero-order chi connectivity index (χ0) is 22.7. The van der Waals surface area contributed by atoms with E-state index in [-0.39, 0.29) is 24.3 Å². The fourth-order valence-corrected chi connectivity index (χ4v) is 5.44. The van der Waals surface area contributed by atoms with Gasteiger partial charge in [-0.25, -0.2) is 13.1 Å². The van der Waals surface area contributed by atoms with Crippen LogP contribution in [-0.2, 0) is 10.0 Å². The third kappa shape index (κ3) is 4.83. The summed E-state index contributed by atoms with van der Waals surface area (Å²) in [4.78, 5) is 4.97. The molecule has 1 fully saturated rings. The standard InChI is InChI=1S/C25H27N3O4S/c29-33(30,22-9-5-2-6-10-22)26-18-23(20-11-12-24-25(17-20)32-19-31-24)28-15-13-27(14-16-28)21-7-3-1-4-8-21/h1-12,17,23,26H,13-16,18-19H2/t23-/m1/s1. The summed E-state index contributed by atoms with van der Waals surface area (Å²) in [5.41, 5.74) is 2.21. The van der Waals surface area contributed by atoms with Gasteiger partial charge in [0.05, 0.1) is 4.90 Å². The second-order valence-corrected chi connectivity index (χ2v) is 9.92. The molecule has 0 aliphatic carbocycles. The lowest BCUT2D eigenvalue weighted by atomic mass is 10.0. The fourth-order valence-electron chi connectivity index (χ4n) is 4.38. The van der Waals surface area contributed by atoms with Crippen LogP contribution in [-0.4, -0.2) is 52.8 Å². The van der Waals surface area contributed by atoms with Crippen LogP contribution in [0.2, 0.25) is 0 Å². The first-order chi connectivity index (χ1) is 16.1. The molecule has 172 valence electrons. The molecule has 7 nitrogen and oxygen atoms in total. The molecule has 0 radical (unpaired) electrons. The molecular formula is C25H27N3O4S. The molecule has 0 amide bonds. The van der Waals surface area contributed by atoms with Crippen molar-refractivity contribution in [2.24, 2.45) is 0 Å². The van der Waals surface area contributed by atoms with Gasteiger partial charge in [-0.1, -0.05) is 42.5 Å². The van der Waals surface area contributed by atoms with Crippen molar-refractivity contribution < 1.29 is 17.9 Å². The molecule has 0 unspecified atom stereocenters. The minimum atomic E-state index is -3.61. The van der Waals surface area contributed by atoms with Gasteiger partial charge < -0.3 is 14.4 Å². The first-order valence-electron chi connectivity index (χ1n) is 11.1. The summed E-state index contributed by atoms with van der Waals surface area (Å²) in [6.07, 6.45) is 0. The third-order valence-electron chi connectivity index (χ3n) is 6.18. The number of benzene rings is 3. The fraction of sp³-hybridized carbons (Fsp3) is 0.280. The third-order valence-corrected chi connectivity index (χ3v) is 7.62. The van der Waals surface area contributed by atoms with Gasteiger partial charge in [0.2, 0.25) is 16.8 Å². The van der Waals surface area contributed by atoms with Crippen LogP contribution in [0.4, 0.5) is 5.69 Å². The SMILES string of the molecule is O=S(=O)(NC[C@H](c1ccc2c(c1)OCO2)N1CCN(c2ccccc2)CC1)c1ccccc1. The first kappa shape index (κ1) is 21.8. The molecule has 0 spiro atoms. The van der Waals surface area contributed by atoms with Crippen LogP contribution in [0.25, 0.3) is 0 Å². The van der Waals surface area contributed by atoms with Gasteiger partial charge in [0.15, 0.2) is 11.5 Å². The maximum absolute atomic E-state index is 12.9. The summed E-state index contributed by atoms with van der Waals surface area (Å²) >= 11 is 0. The van der Waals surface area contributed by atoms with Gasteiger partial charge in [-0.3, -0.25) is 4.90 Å². The second-order valence-electron chi connectivity index (χ2n) is 8.15. The average molecular weight is 466 g/mol. The van der Waals surface area contributed by atoms with Crippen molar-refractivity contribution in [1.29, 1.82) is 0 Å². The Kier molecular flexibility index (Phi) is 6.22. The van der Waals surface area contributed by atoms with Gasteiger partial charge in [-0.05, 0) is 42.0 Å². The highest BCUT2D eigenvalue weighted by atomic mass is 32.2. The Morgan fingerprint density at radius 2 is 1.48 bits per heavy atom. The molecule has 5 rings (SSSR count). The number of rotatable bonds is 7. The van der Waals surface area contributed by atoms with Crippen molar-refractivity contribution >= 4 is 15.7 Å². The number of anilines is 1. The number of piperazine rings is 1. The normalized spacial score (nSPS) is 17.2. The molecular weight excluding hydrogens is 438 g/mol. The summed E-state index contributed by atoms with van der Waals surface area (Å²) in [5, 5.41) is 0. The highest BCUT2D eigenvalue weighted by molar-refractivity contribution is 7.89. The summed E-state index contributed by atoms with van der Waals surface area (Å²) in [6.45, 7) is 3.86. The number of ether oxygens (including phenoxy) is 2. The van der Waals surface area contributed by atoms with E-state index in [1.807, 2.05) is 24.3 Å². The van der Waals surface area contributed by atoms with Gasteiger partial charge >= 0.3 is 0 Å². The van der Waals surface area contributed by atoms with E-state index in [1.165, 1.54) is 5.69 Å². The van der Waals surface area contributed by atoms with E-state index in [1.54, 1.807) is 30.3 Å². The molecule has 8 heteroatoms. The molecule has 3 aromatic carbocycles. The van der Waals surface area contributed by atoms with E-state index < -0.39 is 10.0 Å². The summed E-state index contributed by atoms with van der Waals surface area (Å²) < 4.78 is 39.6. The van der Waals surface area contributed by atoms with E-state index in [2.05, 4.69) is 38.8 Å². The monoisotopic (exact) mass is 465 g/mol. The minimum absolute atomic E-state index is 0.129. The van der Waals surface area contributed by atoms with E-state index in [4.69, 9.17) is 9.47 Å². The van der Waals surface area contributed by atoms with Crippen LogP contribution < -0.4 is 19.1 Å². The Bertz CT molecular complexity index is 1180. The van der Waals surface area contributed by atoms with Gasteiger partial charge in [0, 0.05) is 44.5 Å². The Labute approximate surface area is 194 Å².